The molecular formula is C10H17ClO2. The van der Waals surface area contributed by atoms with E-state index in [1.165, 1.54) is 6.08 Å². The summed E-state index contributed by atoms with van der Waals surface area (Å²) in [5.74, 6) is 0.387. The van der Waals surface area contributed by atoms with Gasteiger partial charge in [-0.05, 0) is 19.3 Å². The van der Waals surface area contributed by atoms with Gasteiger partial charge in [0.05, 0.1) is 6.61 Å². The van der Waals surface area contributed by atoms with E-state index in [-0.39, 0.29) is 5.97 Å². The van der Waals surface area contributed by atoms with Crippen LogP contribution < -0.4 is 0 Å². The average Bonchev–Trinajstić information content (AvgIpc) is 2.13. The first-order valence-corrected chi connectivity index (χ1v) is 5.24. The third-order valence-electron chi connectivity index (χ3n) is 1.50. The number of hydrogen-bond donors (Lipinski definition) is 0. The molecule has 2 nitrogen and oxygen atoms in total. The van der Waals surface area contributed by atoms with Gasteiger partial charge in [0, 0.05) is 12.0 Å². The predicted octanol–water partition coefficient (Wildman–Crippen LogP) is 2.90. The molecule has 0 aliphatic heterocycles. The van der Waals surface area contributed by atoms with E-state index in [4.69, 9.17) is 16.3 Å². The van der Waals surface area contributed by atoms with E-state index < -0.39 is 0 Å². The van der Waals surface area contributed by atoms with Crippen LogP contribution in [0.15, 0.2) is 12.2 Å². The molecule has 0 aliphatic rings. The summed E-state index contributed by atoms with van der Waals surface area (Å²) in [5, 5.41) is 0. The molecule has 0 rings (SSSR count). The molecule has 0 amide bonds. The second-order valence-corrected chi connectivity index (χ2v) is 3.13. The number of hydrogen-bond acceptors (Lipinski definition) is 2. The SMILES string of the molecule is CCCCOC(=O)/C=C/CCCCl. The Morgan fingerprint density at radius 3 is 2.85 bits per heavy atom. The molecule has 76 valence electrons. The Bertz CT molecular complexity index is 155. The van der Waals surface area contributed by atoms with E-state index >= 15 is 0 Å². The molecule has 0 N–H and O–H groups in total. The minimum Gasteiger partial charge on any atom is -0.463 e. The van der Waals surface area contributed by atoms with Gasteiger partial charge in [-0.15, -0.1) is 11.6 Å². The van der Waals surface area contributed by atoms with Crippen molar-refractivity contribution in [1.82, 2.24) is 0 Å². The van der Waals surface area contributed by atoms with Crippen molar-refractivity contribution >= 4 is 17.6 Å². The highest BCUT2D eigenvalue weighted by atomic mass is 35.5. The number of ether oxygens (including phenoxy) is 1. The van der Waals surface area contributed by atoms with Crippen molar-refractivity contribution in [3.63, 3.8) is 0 Å². The second kappa shape index (κ2) is 9.59. The van der Waals surface area contributed by atoms with Crippen LogP contribution >= 0.6 is 11.6 Å². The third-order valence-corrected chi connectivity index (χ3v) is 1.77. The summed E-state index contributed by atoms with van der Waals surface area (Å²) >= 11 is 5.47. The van der Waals surface area contributed by atoms with Gasteiger partial charge in [0.2, 0.25) is 0 Å². The number of allylic oxidation sites excluding steroid dienone is 1. The highest BCUT2D eigenvalue weighted by Gasteiger charge is 1.94. The largest absolute Gasteiger partial charge is 0.463 e. The molecule has 0 radical (unpaired) electrons. The summed E-state index contributed by atoms with van der Waals surface area (Å²) in [6.45, 7) is 2.58. The standard InChI is InChI=1S/C10H17ClO2/c1-2-3-9-13-10(12)7-5-4-6-8-11/h5,7H,2-4,6,8-9H2,1H3/b7-5+. The van der Waals surface area contributed by atoms with Crippen molar-refractivity contribution in [3.8, 4) is 0 Å². The van der Waals surface area contributed by atoms with Gasteiger partial charge in [-0.25, -0.2) is 4.79 Å². The zero-order valence-electron chi connectivity index (χ0n) is 8.09. The molecule has 0 heterocycles. The summed E-state index contributed by atoms with van der Waals surface area (Å²) in [7, 11) is 0. The maximum absolute atomic E-state index is 10.9. The molecular weight excluding hydrogens is 188 g/mol. The third kappa shape index (κ3) is 9.41. The number of halogens is 1. The summed E-state index contributed by atoms with van der Waals surface area (Å²) in [5.41, 5.74) is 0. The van der Waals surface area contributed by atoms with E-state index in [9.17, 15) is 4.79 Å². The van der Waals surface area contributed by atoms with Crippen molar-refractivity contribution in [2.24, 2.45) is 0 Å². The van der Waals surface area contributed by atoms with E-state index in [1.54, 1.807) is 6.08 Å². The fourth-order valence-electron chi connectivity index (χ4n) is 0.740. The van der Waals surface area contributed by atoms with Crippen LogP contribution in [0.3, 0.4) is 0 Å². The Labute approximate surface area is 84.9 Å². The van der Waals surface area contributed by atoms with Gasteiger partial charge in [0.15, 0.2) is 0 Å². The molecule has 0 aromatic rings. The first kappa shape index (κ1) is 12.5. The quantitative estimate of drug-likeness (QED) is 0.276. The molecule has 0 saturated carbocycles. The molecule has 0 spiro atoms. The number of rotatable bonds is 7. The molecule has 0 aromatic heterocycles. The van der Waals surface area contributed by atoms with Crippen molar-refractivity contribution in [1.29, 1.82) is 0 Å². The zero-order chi connectivity index (χ0) is 9.94. The van der Waals surface area contributed by atoms with Crippen LogP contribution in [0, 0.1) is 0 Å². The summed E-state index contributed by atoms with van der Waals surface area (Å²) in [6, 6.07) is 0. The minimum atomic E-state index is -0.247. The Kier molecular flexibility index (Phi) is 9.22. The van der Waals surface area contributed by atoms with Gasteiger partial charge in [0.25, 0.3) is 0 Å². The highest BCUT2D eigenvalue weighted by Crippen LogP contribution is 1.95. The summed E-state index contributed by atoms with van der Waals surface area (Å²) in [6.07, 6.45) is 7.00. The summed E-state index contributed by atoms with van der Waals surface area (Å²) < 4.78 is 4.90. The smallest absolute Gasteiger partial charge is 0.330 e. The number of esters is 1. The average molecular weight is 205 g/mol. The van der Waals surface area contributed by atoms with Gasteiger partial charge < -0.3 is 4.74 Å². The van der Waals surface area contributed by atoms with Crippen LogP contribution in [0.5, 0.6) is 0 Å². The molecule has 0 bridgehead atoms. The van der Waals surface area contributed by atoms with Crippen LogP contribution in [0.25, 0.3) is 0 Å². The molecule has 0 unspecified atom stereocenters. The maximum Gasteiger partial charge on any atom is 0.330 e. The van der Waals surface area contributed by atoms with E-state index in [0.29, 0.717) is 12.5 Å². The monoisotopic (exact) mass is 204 g/mol. The molecule has 3 heteroatoms. The molecule has 0 atom stereocenters. The van der Waals surface area contributed by atoms with E-state index in [2.05, 4.69) is 6.92 Å². The minimum absolute atomic E-state index is 0.247. The van der Waals surface area contributed by atoms with Crippen LogP contribution in [0.1, 0.15) is 32.6 Å². The van der Waals surface area contributed by atoms with Gasteiger partial charge in [-0.1, -0.05) is 19.4 Å². The fraction of sp³-hybridized carbons (Fsp3) is 0.700. The van der Waals surface area contributed by atoms with Crippen molar-refractivity contribution in [3.05, 3.63) is 12.2 Å². The Balaban J connectivity index is 3.33. The lowest BCUT2D eigenvalue weighted by Crippen LogP contribution is -2.01. The Hall–Kier alpha value is -0.500. The Morgan fingerprint density at radius 2 is 2.23 bits per heavy atom. The first-order valence-electron chi connectivity index (χ1n) is 4.70. The van der Waals surface area contributed by atoms with Gasteiger partial charge in [0.1, 0.15) is 0 Å². The molecule has 0 saturated heterocycles. The number of alkyl halides is 1. The fourth-order valence-corrected chi connectivity index (χ4v) is 0.894. The lowest BCUT2D eigenvalue weighted by molar-refractivity contribution is -0.137. The van der Waals surface area contributed by atoms with Crippen LogP contribution in [-0.2, 0) is 9.53 Å². The number of unbranched alkanes of at least 4 members (excludes halogenated alkanes) is 2. The normalized spacial score (nSPS) is 10.6. The van der Waals surface area contributed by atoms with E-state index in [1.807, 2.05) is 0 Å². The summed E-state index contributed by atoms with van der Waals surface area (Å²) in [4.78, 5) is 10.9. The predicted molar refractivity (Wildman–Crippen MR) is 55.0 cm³/mol. The first-order chi connectivity index (χ1) is 6.31. The maximum atomic E-state index is 10.9. The number of carbonyl (C=O) groups is 1. The van der Waals surface area contributed by atoms with Crippen LogP contribution in [-0.4, -0.2) is 18.5 Å². The van der Waals surface area contributed by atoms with Crippen molar-refractivity contribution in [2.75, 3.05) is 12.5 Å². The second-order valence-electron chi connectivity index (χ2n) is 2.75. The van der Waals surface area contributed by atoms with Crippen molar-refractivity contribution in [2.45, 2.75) is 32.6 Å². The highest BCUT2D eigenvalue weighted by molar-refractivity contribution is 6.17. The molecule has 0 aromatic carbocycles. The molecule has 0 aliphatic carbocycles. The van der Waals surface area contributed by atoms with Crippen LogP contribution in [0.2, 0.25) is 0 Å². The topological polar surface area (TPSA) is 26.3 Å². The van der Waals surface area contributed by atoms with Crippen LogP contribution in [0.4, 0.5) is 0 Å². The molecule has 13 heavy (non-hydrogen) atoms. The lowest BCUT2D eigenvalue weighted by atomic mass is 10.3. The van der Waals surface area contributed by atoms with Gasteiger partial charge in [-0.3, -0.25) is 0 Å². The van der Waals surface area contributed by atoms with Gasteiger partial charge >= 0.3 is 5.97 Å². The lowest BCUT2D eigenvalue weighted by Gasteiger charge is -1.98. The number of carbonyl (C=O) groups excluding carboxylic acids is 1. The van der Waals surface area contributed by atoms with Gasteiger partial charge in [-0.2, -0.15) is 0 Å². The van der Waals surface area contributed by atoms with E-state index in [0.717, 1.165) is 25.7 Å². The van der Waals surface area contributed by atoms with Crippen molar-refractivity contribution < 1.29 is 9.53 Å². The Morgan fingerprint density at radius 1 is 1.46 bits per heavy atom. The zero-order valence-corrected chi connectivity index (χ0v) is 8.85. The molecule has 0 fully saturated rings.